The number of hydrogen-bond donors (Lipinski definition) is 1. The largest absolute Gasteiger partial charge is 0.380 e. The summed E-state index contributed by atoms with van der Waals surface area (Å²) < 4.78 is 6.75. The number of hydrogen-bond acceptors (Lipinski definition) is 2. The van der Waals surface area contributed by atoms with Crippen LogP contribution in [0, 0.1) is 13.8 Å². The topological polar surface area (TPSA) is 21.3 Å². The fourth-order valence-corrected chi connectivity index (χ4v) is 2.39. The summed E-state index contributed by atoms with van der Waals surface area (Å²) in [6, 6.07) is 4.81. The van der Waals surface area contributed by atoms with E-state index in [1.54, 1.807) is 0 Å². The van der Waals surface area contributed by atoms with Gasteiger partial charge in [-0.05, 0) is 50.5 Å². The lowest BCUT2D eigenvalue weighted by Crippen LogP contribution is -2.26. The molecule has 2 atom stereocenters. The molecule has 2 unspecified atom stereocenters. The molecule has 0 saturated carbocycles. The van der Waals surface area contributed by atoms with Crippen molar-refractivity contribution >= 4 is 21.6 Å². The molecule has 0 radical (unpaired) electrons. The van der Waals surface area contributed by atoms with Crippen molar-refractivity contribution in [1.82, 2.24) is 0 Å². The molecule has 1 N–H and O–H groups in total. The second-order valence-electron chi connectivity index (χ2n) is 4.54. The van der Waals surface area contributed by atoms with E-state index in [9.17, 15) is 0 Å². The Kier molecular flexibility index (Phi) is 3.55. The summed E-state index contributed by atoms with van der Waals surface area (Å²) in [7, 11) is 0. The molecular weight excluding hydrogens is 266 g/mol. The first-order chi connectivity index (χ1) is 7.58. The highest BCUT2D eigenvalue weighted by molar-refractivity contribution is 9.10. The van der Waals surface area contributed by atoms with Crippen LogP contribution in [0.15, 0.2) is 16.6 Å². The van der Waals surface area contributed by atoms with E-state index in [0.29, 0.717) is 12.1 Å². The second-order valence-corrected chi connectivity index (χ2v) is 5.33. The Morgan fingerprint density at radius 2 is 1.94 bits per heavy atom. The molecule has 1 saturated heterocycles. The minimum absolute atomic E-state index is 0.309. The van der Waals surface area contributed by atoms with E-state index in [-0.39, 0.29) is 0 Å². The van der Waals surface area contributed by atoms with Gasteiger partial charge in [0.2, 0.25) is 0 Å². The van der Waals surface area contributed by atoms with Crippen LogP contribution in [0.2, 0.25) is 0 Å². The van der Waals surface area contributed by atoms with Gasteiger partial charge in [-0.15, -0.1) is 0 Å². The van der Waals surface area contributed by atoms with Crippen molar-refractivity contribution in [2.45, 2.75) is 39.3 Å². The first kappa shape index (κ1) is 11.9. The van der Waals surface area contributed by atoms with Gasteiger partial charge in [0, 0.05) is 16.8 Å². The molecule has 0 spiro atoms. The lowest BCUT2D eigenvalue weighted by molar-refractivity contribution is 0.121. The smallest absolute Gasteiger partial charge is 0.0748 e. The zero-order chi connectivity index (χ0) is 11.7. The predicted octanol–water partition coefficient (Wildman–Crippen LogP) is 3.66. The monoisotopic (exact) mass is 283 g/mol. The molecule has 1 heterocycles. The molecule has 2 nitrogen and oxygen atoms in total. The van der Waals surface area contributed by atoms with Gasteiger partial charge in [-0.2, -0.15) is 0 Å². The highest BCUT2D eigenvalue weighted by atomic mass is 79.9. The lowest BCUT2D eigenvalue weighted by atomic mass is 10.1. The molecule has 3 heteroatoms. The SMILES string of the molecule is Cc1cc(NC2CCOC2C)cc(C)c1Br. The van der Waals surface area contributed by atoms with Crippen molar-refractivity contribution in [3.8, 4) is 0 Å². The third-order valence-electron chi connectivity index (χ3n) is 3.16. The summed E-state index contributed by atoms with van der Waals surface area (Å²) in [4.78, 5) is 0. The number of nitrogens with one attached hydrogen (secondary N) is 1. The molecule has 0 aromatic heterocycles. The average Bonchev–Trinajstić information content (AvgIpc) is 2.61. The molecular formula is C13H18BrNO. The van der Waals surface area contributed by atoms with Gasteiger partial charge in [0.15, 0.2) is 0 Å². The van der Waals surface area contributed by atoms with E-state index in [1.807, 2.05) is 0 Å². The second kappa shape index (κ2) is 4.76. The first-order valence-corrected chi connectivity index (χ1v) is 6.52. The Hall–Kier alpha value is -0.540. The Bertz CT molecular complexity index is 369. The predicted molar refractivity (Wildman–Crippen MR) is 71.1 cm³/mol. The van der Waals surface area contributed by atoms with E-state index < -0.39 is 0 Å². The standard InChI is InChI=1S/C13H18BrNO/c1-8-6-11(7-9(2)13(8)14)15-12-4-5-16-10(12)3/h6-7,10,12,15H,4-5H2,1-3H3. The summed E-state index contributed by atoms with van der Waals surface area (Å²) in [5.74, 6) is 0. The van der Waals surface area contributed by atoms with Crippen molar-refractivity contribution in [2.24, 2.45) is 0 Å². The van der Waals surface area contributed by atoms with Crippen LogP contribution in [0.3, 0.4) is 0 Å². The maximum atomic E-state index is 5.55. The lowest BCUT2D eigenvalue weighted by Gasteiger charge is -2.18. The Labute approximate surface area is 106 Å². The van der Waals surface area contributed by atoms with Crippen molar-refractivity contribution in [2.75, 3.05) is 11.9 Å². The van der Waals surface area contributed by atoms with Crippen LogP contribution in [-0.2, 0) is 4.74 Å². The van der Waals surface area contributed by atoms with E-state index in [0.717, 1.165) is 13.0 Å². The van der Waals surface area contributed by atoms with Crippen LogP contribution in [0.5, 0.6) is 0 Å². The van der Waals surface area contributed by atoms with Crippen molar-refractivity contribution in [3.05, 3.63) is 27.7 Å². The van der Waals surface area contributed by atoms with Gasteiger partial charge in [-0.1, -0.05) is 15.9 Å². The maximum absolute atomic E-state index is 5.55. The van der Waals surface area contributed by atoms with E-state index in [4.69, 9.17) is 4.74 Å². The zero-order valence-corrected chi connectivity index (χ0v) is 11.6. The van der Waals surface area contributed by atoms with Gasteiger partial charge in [0.1, 0.15) is 0 Å². The third-order valence-corrected chi connectivity index (χ3v) is 4.42. The van der Waals surface area contributed by atoms with Crippen LogP contribution in [-0.4, -0.2) is 18.8 Å². The summed E-state index contributed by atoms with van der Waals surface area (Å²) in [6.07, 6.45) is 1.40. The number of aryl methyl sites for hydroxylation is 2. The van der Waals surface area contributed by atoms with Gasteiger partial charge in [-0.3, -0.25) is 0 Å². The van der Waals surface area contributed by atoms with Crippen LogP contribution in [0.1, 0.15) is 24.5 Å². The molecule has 0 bridgehead atoms. The fraction of sp³-hybridized carbons (Fsp3) is 0.538. The van der Waals surface area contributed by atoms with Crippen molar-refractivity contribution in [1.29, 1.82) is 0 Å². The van der Waals surface area contributed by atoms with Gasteiger partial charge in [0.25, 0.3) is 0 Å². The molecule has 1 aromatic carbocycles. The number of benzene rings is 1. The molecule has 0 amide bonds. The quantitative estimate of drug-likeness (QED) is 0.895. The molecule has 88 valence electrons. The van der Waals surface area contributed by atoms with Crippen LogP contribution >= 0.6 is 15.9 Å². The molecule has 16 heavy (non-hydrogen) atoms. The summed E-state index contributed by atoms with van der Waals surface area (Å²) in [5.41, 5.74) is 3.74. The molecule has 0 aliphatic carbocycles. The minimum atomic E-state index is 0.309. The van der Waals surface area contributed by atoms with Crippen molar-refractivity contribution < 1.29 is 4.74 Å². The van der Waals surface area contributed by atoms with E-state index in [2.05, 4.69) is 54.2 Å². The molecule has 1 aliphatic rings. The Morgan fingerprint density at radius 3 is 2.44 bits per heavy atom. The minimum Gasteiger partial charge on any atom is -0.380 e. The van der Waals surface area contributed by atoms with Crippen LogP contribution in [0.25, 0.3) is 0 Å². The number of rotatable bonds is 2. The third kappa shape index (κ3) is 2.41. The summed E-state index contributed by atoms with van der Waals surface area (Å²) in [6.45, 7) is 7.24. The fourth-order valence-electron chi connectivity index (χ4n) is 2.16. The zero-order valence-electron chi connectivity index (χ0n) is 10.0. The number of anilines is 1. The summed E-state index contributed by atoms with van der Waals surface area (Å²) in [5, 5.41) is 3.55. The Morgan fingerprint density at radius 1 is 1.31 bits per heavy atom. The van der Waals surface area contributed by atoms with E-state index >= 15 is 0 Å². The summed E-state index contributed by atoms with van der Waals surface area (Å²) >= 11 is 3.59. The number of halogens is 1. The molecule has 2 rings (SSSR count). The van der Waals surface area contributed by atoms with Gasteiger partial charge in [0.05, 0.1) is 12.1 Å². The van der Waals surface area contributed by atoms with Crippen LogP contribution < -0.4 is 5.32 Å². The highest BCUT2D eigenvalue weighted by Crippen LogP contribution is 2.27. The van der Waals surface area contributed by atoms with Crippen LogP contribution in [0.4, 0.5) is 5.69 Å². The van der Waals surface area contributed by atoms with Gasteiger partial charge < -0.3 is 10.1 Å². The first-order valence-electron chi connectivity index (χ1n) is 5.73. The van der Waals surface area contributed by atoms with E-state index in [1.165, 1.54) is 21.3 Å². The normalized spacial score (nSPS) is 24.8. The molecule has 1 aliphatic heterocycles. The van der Waals surface area contributed by atoms with Gasteiger partial charge >= 0.3 is 0 Å². The maximum Gasteiger partial charge on any atom is 0.0748 e. The van der Waals surface area contributed by atoms with Gasteiger partial charge in [-0.25, -0.2) is 0 Å². The Balaban J connectivity index is 2.15. The molecule has 1 aromatic rings. The number of ether oxygens (including phenoxy) is 1. The highest BCUT2D eigenvalue weighted by Gasteiger charge is 2.23. The molecule has 1 fully saturated rings. The van der Waals surface area contributed by atoms with Crippen molar-refractivity contribution in [3.63, 3.8) is 0 Å². The average molecular weight is 284 g/mol.